The normalized spacial score (nSPS) is 11.9. The van der Waals surface area contributed by atoms with Crippen molar-refractivity contribution in [1.82, 2.24) is 10.2 Å². The molecule has 0 heterocycles. The first kappa shape index (κ1) is 31.5. The zero-order valence-corrected chi connectivity index (χ0v) is 25.3. The van der Waals surface area contributed by atoms with Crippen LogP contribution >= 0.6 is 0 Å². The number of hydrogen-bond acceptors (Lipinski definition) is 6. The lowest BCUT2D eigenvalue weighted by atomic mass is 10.1. The number of nitrogens with zero attached hydrogens (tertiary/aromatic N) is 2. The second-order valence-electron chi connectivity index (χ2n) is 9.84. The van der Waals surface area contributed by atoms with E-state index in [1.165, 1.54) is 37.3 Å². The minimum atomic E-state index is -4.24. The maximum absolute atomic E-state index is 14.1. The second kappa shape index (κ2) is 14.0. The molecule has 0 fully saturated rings. The van der Waals surface area contributed by atoms with E-state index in [1.807, 2.05) is 45.0 Å². The van der Waals surface area contributed by atoms with Crippen molar-refractivity contribution in [2.24, 2.45) is 0 Å². The molecule has 0 radical (unpaired) electrons. The van der Waals surface area contributed by atoms with E-state index >= 15 is 0 Å². The van der Waals surface area contributed by atoms with Crippen molar-refractivity contribution in [3.63, 3.8) is 0 Å². The number of sulfonamides is 1. The number of hydrogen-bond donors (Lipinski definition) is 1. The summed E-state index contributed by atoms with van der Waals surface area (Å²) < 4.78 is 39.8. The fraction of sp³-hybridized carbons (Fsp3) is 0.355. The Morgan fingerprint density at radius 2 is 1.46 bits per heavy atom. The van der Waals surface area contributed by atoms with Gasteiger partial charge in [0.15, 0.2) is 11.5 Å². The first-order chi connectivity index (χ1) is 19.5. The van der Waals surface area contributed by atoms with Crippen LogP contribution in [0.1, 0.15) is 37.0 Å². The molecule has 0 aliphatic carbocycles. The highest BCUT2D eigenvalue weighted by molar-refractivity contribution is 7.92. The Hall–Kier alpha value is -4.05. The largest absolute Gasteiger partial charge is 0.493 e. The Morgan fingerprint density at radius 3 is 2.02 bits per heavy atom. The average Bonchev–Trinajstić information content (AvgIpc) is 2.97. The zero-order valence-electron chi connectivity index (χ0n) is 24.5. The van der Waals surface area contributed by atoms with Crippen LogP contribution in [0.25, 0.3) is 0 Å². The Bertz CT molecular complexity index is 1440. The predicted octanol–water partition coefficient (Wildman–Crippen LogP) is 4.46. The van der Waals surface area contributed by atoms with Gasteiger partial charge in [-0.2, -0.15) is 0 Å². The van der Waals surface area contributed by atoms with Gasteiger partial charge in [-0.25, -0.2) is 8.42 Å². The van der Waals surface area contributed by atoms with Crippen LogP contribution in [0.5, 0.6) is 11.5 Å². The quantitative estimate of drug-likeness (QED) is 0.320. The van der Waals surface area contributed by atoms with Gasteiger partial charge in [0.25, 0.3) is 10.0 Å². The third kappa shape index (κ3) is 7.79. The van der Waals surface area contributed by atoms with Gasteiger partial charge in [0.2, 0.25) is 11.8 Å². The smallest absolute Gasteiger partial charge is 0.264 e. The highest BCUT2D eigenvalue weighted by Crippen LogP contribution is 2.32. The van der Waals surface area contributed by atoms with Crippen LogP contribution in [-0.2, 0) is 26.2 Å². The number of carbonyl (C=O) groups excluding carboxylic acids is 2. The number of ether oxygens (including phenoxy) is 2. The molecular weight excluding hydrogens is 542 g/mol. The van der Waals surface area contributed by atoms with E-state index in [4.69, 9.17) is 9.47 Å². The number of anilines is 1. The van der Waals surface area contributed by atoms with Gasteiger partial charge in [0.05, 0.1) is 24.8 Å². The molecule has 0 unspecified atom stereocenters. The zero-order chi connectivity index (χ0) is 30.2. The molecule has 0 saturated heterocycles. The maximum atomic E-state index is 14.1. The maximum Gasteiger partial charge on any atom is 0.264 e. The van der Waals surface area contributed by atoms with Gasteiger partial charge in [-0.05, 0) is 57.0 Å². The van der Waals surface area contributed by atoms with Gasteiger partial charge in [0.1, 0.15) is 12.6 Å². The van der Waals surface area contributed by atoms with Crippen molar-refractivity contribution in [1.29, 1.82) is 0 Å². The van der Waals surface area contributed by atoms with Crippen molar-refractivity contribution in [2.45, 2.75) is 51.6 Å². The Labute approximate surface area is 243 Å². The van der Waals surface area contributed by atoms with Gasteiger partial charge in [-0.1, -0.05) is 54.4 Å². The van der Waals surface area contributed by atoms with Crippen LogP contribution in [0.2, 0.25) is 0 Å². The van der Waals surface area contributed by atoms with Gasteiger partial charge in [-0.3, -0.25) is 13.9 Å². The van der Waals surface area contributed by atoms with Crippen LogP contribution in [0.15, 0.2) is 71.6 Å². The highest BCUT2D eigenvalue weighted by atomic mass is 32.2. The summed E-state index contributed by atoms with van der Waals surface area (Å²) in [7, 11) is -1.36. The topological polar surface area (TPSA) is 105 Å². The molecule has 220 valence electrons. The molecule has 9 nitrogen and oxygen atoms in total. The van der Waals surface area contributed by atoms with Crippen molar-refractivity contribution in [2.75, 3.05) is 31.6 Å². The number of carbonyl (C=O) groups is 2. The molecule has 3 aromatic carbocycles. The Kier molecular flexibility index (Phi) is 10.8. The van der Waals surface area contributed by atoms with E-state index in [0.717, 1.165) is 27.4 Å². The molecule has 0 aliphatic heterocycles. The predicted molar refractivity (Wildman–Crippen MR) is 160 cm³/mol. The van der Waals surface area contributed by atoms with Gasteiger partial charge in [-0.15, -0.1) is 0 Å². The van der Waals surface area contributed by atoms with Crippen molar-refractivity contribution < 1.29 is 27.5 Å². The minimum absolute atomic E-state index is 0.0673. The summed E-state index contributed by atoms with van der Waals surface area (Å²) >= 11 is 0. The number of rotatable bonds is 13. The molecule has 0 aliphatic rings. The summed E-state index contributed by atoms with van der Waals surface area (Å²) in [6.07, 6.45) is 0.745. The summed E-state index contributed by atoms with van der Waals surface area (Å²) in [6, 6.07) is 18.0. The molecule has 0 bridgehead atoms. The summed E-state index contributed by atoms with van der Waals surface area (Å²) in [4.78, 5) is 28.3. The molecule has 10 heteroatoms. The third-order valence-electron chi connectivity index (χ3n) is 6.73. The third-order valence-corrected chi connectivity index (χ3v) is 8.50. The molecule has 2 amide bonds. The lowest BCUT2D eigenvalue weighted by Crippen LogP contribution is -2.51. The van der Waals surface area contributed by atoms with Crippen molar-refractivity contribution in [3.05, 3.63) is 83.4 Å². The molecule has 3 rings (SSSR count). The van der Waals surface area contributed by atoms with E-state index in [1.54, 1.807) is 31.2 Å². The van der Waals surface area contributed by atoms with E-state index in [-0.39, 0.29) is 23.1 Å². The van der Waals surface area contributed by atoms with E-state index in [9.17, 15) is 18.0 Å². The summed E-state index contributed by atoms with van der Waals surface area (Å²) in [5.74, 6) is -0.210. The standard InChI is InChI=1S/C31H39N3O6S/c1-7-18-32-31(36)24(4)33(20-25-12-8-22(2)9-13-25)30(35)21-34(26-14-10-23(3)11-15-26)41(37,38)27-16-17-28(39-5)29(19-27)40-6/h8-17,19,24H,7,18,20-21H2,1-6H3,(H,32,36)/t24-/m1/s1. The second-order valence-corrected chi connectivity index (χ2v) is 11.7. The molecule has 0 aromatic heterocycles. The van der Waals surface area contributed by atoms with Crippen LogP contribution in [0.3, 0.4) is 0 Å². The van der Waals surface area contributed by atoms with Gasteiger partial charge >= 0.3 is 0 Å². The SMILES string of the molecule is CCCNC(=O)[C@@H](C)N(Cc1ccc(C)cc1)C(=O)CN(c1ccc(C)cc1)S(=O)(=O)c1ccc(OC)c(OC)c1. The Morgan fingerprint density at radius 1 is 0.878 bits per heavy atom. The molecule has 1 atom stereocenters. The number of benzene rings is 3. The van der Waals surface area contributed by atoms with Gasteiger partial charge in [0, 0.05) is 19.2 Å². The molecule has 0 spiro atoms. The Balaban J connectivity index is 2.05. The van der Waals surface area contributed by atoms with Crippen LogP contribution < -0.4 is 19.1 Å². The van der Waals surface area contributed by atoms with Crippen LogP contribution in [0, 0.1) is 13.8 Å². The van der Waals surface area contributed by atoms with E-state index in [0.29, 0.717) is 18.0 Å². The minimum Gasteiger partial charge on any atom is -0.493 e. The van der Waals surface area contributed by atoms with E-state index < -0.39 is 28.5 Å². The number of methoxy groups -OCH3 is 2. The van der Waals surface area contributed by atoms with Crippen molar-refractivity contribution >= 4 is 27.5 Å². The fourth-order valence-electron chi connectivity index (χ4n) is 4.21. The van der Waals surface area contributed by atoms with Crippen molar-refractivity contribution in [3.8, 4) is 11.5 Å². The summed E-state index contributed by atoms with van der Waals surface area (Å²) in [6.45, 7) is 7.54. The molecular formula is C31H39N3O6S. The molecule has 0 saturated carbocycles. The van der Waals surface area contributed by atoms with Crippen LogP contribution in [0.4, 0.5) is 5.69 Å². The van der Waals surface area contributed by atoms with Gasteiger partial charge < -0.3 is 19.7 Å². The summed E-state index contributed by atoms with van der Waals surface area (Å²) in [5, 5.41) is 2.84. The van der Waals surface area contributed by atoms with E-state index in [2.05, 4.69) is 5.32 Å². The molecule has 1 N–H and O–H groups in total. The fourth-order valence-corrected chi connectivity index (χ4v) is 5.64. The monoisotopic (exact) mass is 581 g/mol. The average molecular weight is 582 g/mol. The number of amides is 2. The molecule has 3 aromatic rings. The lowest BCUT2D eigenvalue weighted by molar-refractivity contribution is -0.139. The first-order valence-corrected chi connectivity index (χ1v) is 14.9. The summed E-state index contributed by atoms with van der Waals surface area (Å²) in [5.41, 5.74) is 3.14. The highest BCUT2D eigenvalue weighted by Gasteiger charge is 2.33. The molecule has 41 heavy (non-hydrogen) atoms. The van der Waals surface area contributed by atoms with Crippen LogP contribution in [-0.4, -0.2) is 58.5 Å². The number of aryl methyl sites for hydroxylation is 2. The lowest BCUT2D eigenvalue weighted by Gasteiger charge is -2.32. The number of nitrogens with one attached hydrogen (secondary N) is 1. The first-order valence-electron chi connectivity index (χ1n) is 13.5.